The summed E-state index contributed by atoms with van der Waals surface area (Å²) in [6.45, 7) is 0. The zero-order valence-electron chi connectivity index (χ0n) is 11.0. The standard InChI is InChI=1S/C13H7Cl2F4N3O/c14-11(15)12(23)22-9-2-1-8(21-10(9)13(17,18)19)6-3-7(16)5-20-4-6/h1-5,11H,(H,22,23). The van der Waals surface area contributed by atoms with Crippen molar-refractivity contribution in [2.24, 2.45) is 0 Å². The van der Waals surface area contributed by atoms with Crippen molar-refractivity contribution in [1.82, 2.24) is 9.97 Å². The van der Waals surface area contributed by atoms with Crippen LogP contribution in [0.15, 0.2) is 30.6 Å². The summed E-state index contributed by atoms with van der Waals surface area (Å²) in [6, 6.07) is 3.14. The van der Waals surface area contributed by atoms with Crippen molar-refractivity contribution in [3.05, 3.63) is 42.1 Å². The molecule has 0 aliphatic heterocycles. The highest BCUT2D eigenvalue weighted by atomic mass is 35.5. The molecule has 2 aromatic rings. The van der Waals surface area contributed by atoms with Gasteiger partial charge in [-0.05, 0) is 18.2 Å². The number of rotatable bonds is 3. The molecule has 0 unspecified atom stereocenters. The minimum absolute atomic E-state index is 0.0564. The molecule has 122 valence electrons. The fourth-order valence-corrected chi connectivity index (χ4v) is 1.79. The molecule has 1 amide bonds. The summed E-state index contributed by atoms with van der Waals surface area (Å²) in [7, 11) is 0. The van der Waals surface area contributed by atoms with Crippen LogP contribution in [0.1, 0.15) is 5.69 Å². The summed E-state index contributed by atoms with van der Waals surface area (Å²) in [5.41, 5.74) is -2.07. The van der Waals surface area contributed by atoms with Crippen molar-refractivity contribution in [3.63, 3.8) is 0 Å². The molecular formula is C13H7Cl2F4N3O. The molecular weight excluding hydrogens is 361 g/mol. The highest BCUT2D eigenvalue weighted by Gasteiger charge is 2.36. The molecule has 0 atom stereocenters. The Morgan fingerprint density at radius 3 is 2.48 bits per heavy atom. The number of nitrogens with one attached hydrogen (secondary N) is 1. The second kappa shape index (κ2) is 6.67. The number of carbonyl (C=O) groups excluding carboxylic acids is 1. The van der Waals surface area contributed by atoms with Gasteiger partial charge in [0.05, 0.1) is 17.6 Å². The van der Waals surface area contributed by atoms with Gasteiger partial charge in [0.2, 0.25) is 0 Å². The number of carbonyl (C=O) groups is 1. The molecule has 0 fully saturated rings. The molecule has 1 N–H and O–H groups in total. The monoisotopic (exact) mass is 367 g/mol. The van der Waals surface area contributed by atoms with Crippen LogP contribution >= 0.6 is 23.2 Å². The van der Waals surface area contributed by atoms with Gasteiger partial charge in [0, 0.05) is 11.8 Å². The lowest BCUT2D eigenvalue weighted by Crippen LogP contribution is -2.22. The molecule has 0 saturated heterocycles. The van der Waals surface area contributed by atoms with Gasteiger partial charge in [0.15, 0.2) is 10.5 Å². The maximum Gasteiger partial charge on any atom is 0.435 e. The summed E-state index contributed by atoms with van der Waals surface area (Å²) < 4.78 is 52.4. The first-order valence-corrected chi connectivity index (χ1v) is 6.84. The summed E-state index contributed by atoms with van der Waals surface area (Å²) in [6.07, 6.45) is -2.78. The Labute approximate surface area is 137 Å². The number of aromatic nitrogens is 2. The molecule has 0 aromatic carbocycles. The number of pyridine rings is 2. The van der Waals surface area contributed by atoms with E-state index >= 15 is 0 Å². The second-order valence-electron chi connectivity index (χ2n) is 4.27. The maximum atomic E-state index is 13.1. The Morgan fingerprint density at radius 1 is 1.22 bits per heavy atom. The minimum atomic E-state index is -4.85. The number of hydrogen-bond donors (Lipinski definition) is 1. The summed E-state index contributed by atoms with van der Waals surface area (Å²) >= 11 is 10.6. The van der Waals surface area contributed by atoms with E-state index in [2.05, 4.69) is 9.97 Å². The number of amides is 1. The van der Waals surface area contributed by atoms with Crippen LogP contribution < -0.4 is 5.32 Å². The molecule has 0 aliphatic rings. The molecule has 0 bridgehead atoms. The molecule has 2 heterocycles. The van der Waals surface area contributed by atoms with Gasteiger partial charge >= 0.3 is 6.18 Å². The Balaban J connectivity index is 2.48. The van der Waals surface area contributed by atoms with Crippen LogP contribution in [0.3, 0.4) is 0 Å². The average Bonchev–Trinajstić information content (AvgIpc) is 2.46. The van der Waals surface area contributed by atoms with Crippen LogP contribution in [0, 0.1) is 5.82 Å². The molecule has 4 nitrogen and oxygen atoms in total. The third kappa shape index (κ3) is 4.29. The van der Waals surface area contributed by atoms with E-state index in [0.29, 0.717) is 0 Å². The molecule has 2 aromatic heterocycles. The highest BCUT2D eigenvalue weighted by molar-refractivity contribution is 6.54. The highest BCUT2D eigenvalue weighted by Crippen LogP contribution is 2.35. The number of alkyl halides is 5. The van der Waals surface area contributed by atoms with Gasteiger partial charge in [0.1, 0.15) is 5.82 Å². The van der Waals surface area contributed by atoms with E-state index in [1.165, 1.54) is 6.07 Å². The topological polar surface area (TPSA) is 54.9 Å². The molecule has 0 radical (unpaired) electrons. The first kappa shape index (κ1) is 17.4. The first-order chi connectivity index (χ1) is 10.7. The second-order valence-corrected chi connectivity index (χ2v) is 5.37. The van der Waals surface area contributed by atoms with E-state index in [9.17, 15) is 22.4 Å². The lowest BCUT2D eigenvalue weighted by atomic mass is 10.1. The number of halogens is 6. The molecule has 0 saturated carbocycles. The number of hydrogen-bond acceptors (Lipinski definition) is 3. The molecule has 0 spiro atoms. The normalized spacial score (nSPS) is 11.6. The van der Waals surface area contributed by atoms with Gasteiger partial charge < -0.3 is 5.32 Å². The lowest BCUT2D eigenvalue weighted by Gasteiger charge is -2.14. The molecule has 10 heteroatoms. The summed E-state index contributed by atoms with van der Waals surface area (Å²) in [5, 5.41) is 1.93. The van der Waals surface area contributed by atoms with Gasteiger partial charge in [0.25, 0.3) is 5.91 Å². The van der Waals surface area contributed by atoms with Crippen molar-refractivity contribution in [2.75, 3.05) is 5.32 Å². The molecule has 2 rings (SSSR count). The van der Waals surface area contributed by atoms with Crippen LogP contribution in [0.2, 0.25) is 0 Å². The van der Waals surface area contributed by atoms with Crippen LogP contribution in [-0.2, 0) is 11.0 Å². The number of nitrogens with zero attached hydrogens (tertiary/aromatic N) is 2. The zero-order valence-corrected chi connectivity index (χ0v) is 12.5. The van der Waals surface area contributed by atoms with E-state index in [4.69, 9.17) is 23.2 Å². The van der Waals surface area contributed by atoms with Crippen molar-refractivity contribution < 1.29 is 22.4 Å². The molecule has 23 heavy (non-hydrogen) atoms. The largest absolute Gasteiger partial charge is 0.435 e. The Bertz CT molecular complexity index is 737. The third-order valence-corrected chi connectivity index (χ3v) is 3.02. The Morgan fingerprint density at radius 2 is 1.91 bits per heavy atom. The smallest absolute Gasteiger partial charge is 0.322 e. The lowest BCUT2D eigenvalue weighted by molar-refractivity contribution is -0.140. The first-order valence-electron chi connectivity index (χ1n) is 5.96. The van der Waals surface area contributed by atoms with Crippen molar-refractivity contribution in [1.29, 1.82) is 0 Å². The summed E-state index contributed by atoms with van der Waals surface area (Å²) in [5.74, 6) is -1.75. The van der Waals surface area contributed by atoms with E-state index in [-0.39, 0.29) is 11.3 Å². The average molecular weight is 368 g/mol. The predicted octanol–water partition coefficient (Wildman–Crippen LogP) is 4.04. The fraction of sp³-hybridized carbons (Fsp3) is 0.154. The van der Waals surface area contributed by atoms with Gasteiger partial charge in [-0.25, -0.2) is 9.37 Å². The fourth-order valence-electron chi connectivity index (χ4n) is 1.68. The van der Waals surface area contributed by atoms with E-state index < -0.39 is 34.1 Å². The van der Waals surface area contributed by atoms with Gasteiger partial charge in [-0.1, -0.05) is 23.2 Å². The van der Waals surface area contributed by atoms with Gasteiger partial charge in [-0.15, -0.1) is 0 Å². The molecule has 0 aliphatic carbocycles. The van der Waals surface area contributed by atoms with Crippen molar-refractivity contribution >= 4 is 34.8 Å². The van der Waals surface area contributed by atoms with Crippen LogP contribution in [0.5, 0.6) is 0 Å². The van der Waals surface area contributed by atoms with Crippen LogP contribution in [0.4, 0.5) is 23.2 Å². The van der Waals surface area contributed by atoms with E-state index in [1.807, 2.05) is 5.32 Å². The van der Waals surface area contributed by atoms with Crippen molar-refractivity contribution in [3.8, 4) is 11.3 Å². The van der Waals surface area contributed by atoms with Gasteiger partial charge in [-0.3, -0.25) is 9.78 Å². The van der Waals surface area contributed by atoms with Crippen LogP contribution in [-0.4, -0.2) is 20.7 Å². The van der Waals surface area contributed by atoms with E-state index in [0.717, 1.165) is 24.5 Å². The maximum absolute atomic E-state index is 13.1. The van der Waals surface area contributed by atoms with Crippen LogP contribution in [0.25, 0.3) is 11.3 Å². The third-order valence-electron chi connectivity index (χ3n) is 2.62. The summed E-state index contributed by atoms with van der Waals surface area (Å²) in [4.78, 5) is 16.8. The minimum Gasteiger partial charge on any atom is -0.322 e. The Kier molecular flexibility index (Phi) is 5.06. The van der Waals surface area contributed by atoms with Crippen molar-refractivity contribution in [2.45, 2.75) is 11.0 Å². The number of anilines is 1. The predicted molar refractivity (Wildman–Crippen MR) is 76.6 cm³/mol. The zero-order chi connectivity index (χ0) is 17.2. The quantitative estimate of drug-likeness (QED) is 0.657. The van der Waals surface area contributed by atoms with Gasteiger partial charge in [-0.2, -0.15) is 13.2 Å². The Hall–Kier alpha value is -1.93. The SMILES string of the molecule is O=C(Nc1ccc(-c2cncc(F)c2)nc1C(F)(F)F)C(Cl)Cl. The van der Waals surface area contributed by atoms with E-state index in [1.54, 1.807) is 0 Å².